The molecule has 98 valence electrons. The van der Waals surface area contributed by atoms with E-state index in [4.69, 9.17) is 10.5 Å². The van der Waals surface area contributed by atoms with Crippen LogP contribution in [0.15, 0.2) is 18.2 Å². The lowest BCUT2D eigenvalue weighted by molar-refractivity contribution is 0.0601. The first kappa shape index (κ1) is 12.7. The average molecular weight is 248 g/mol. The first-order valence-electron chi connectivity index (χ1n) is 6.31. The number of rotatable bonds is 4. The van der Waals surface area contributed by atoms with Crippen LogP contribution in [0.25, 0.3) is 0 Å². The average Bonchev–Trinajstić information content (AvgIpc) is 2.32. The number of esters is 1. The molecule has 0 bridgehead atoms. The van der Waals surface area contributed by atoms with Gasteiger partial charge in [0.15, 0.2) is 0 Å². The van der Waals surface area contributed by atoms with Crippen molar-refractivity contribution in [3.05, 3.63) is 23.8 Å². The molecule has 18 heavy (non-hydrogen) atoms. The van der Waals surface area contributed by atoms with Gasteiger partial charge in [-0.1, -0.05) is 12.5 Å². The summed E-state index contributed by atoms with van der Waals surface area (Å²) in [7, 11) is 3.37. The summed E-state index contributed by atoms with van der Waals surface area (Å²) in [6.45, 7) is 0.943. The molecule has 0 saturated heterocycles. The van der Waals surface area contributed by atoms with Crippen LogP contribution in [0, 0.1) is 5.92 Å². The standard InChI is InChI=1S/C14H20N2O2/c1-16(9-10-5-3-6-10)13-11(14(17)18-2)7-4-8-12(13)15/h4,7-8,10H,3,5-6,9,15H2,1-2H3. The lowest BCUT2D eigenvalue weighted by atomic mass is 9.85. The summed E-state index contributed by atoms with van der Waals surface area (Å²) in [6, 6.07) is 5.36. The van der Waals surface area contributed by atoms with E-state index in [0.717, 1.165) is 18.2 Å². The molecule has 4 nitrogen and oxygen atoms in total. The highest BCUT2D eigenvalue weighted by Crippen LogP contribution is 2.32. The minimum atomic E-state index is -0.335. The van der Waals surface area contributed by atoms with Gasteiger partial charge < -0.3 is 15.4 Å². The van der Waals surface area contributed by atoms with Crippen LogP contribution in [-0.2, 0) is 4.74 Å². The molecule has 1 aromatic carbocycles. The lowest BCUT2D eigenvalue weighted by Gasteiger charge is -2.32. The summed E-state index contributed by atoms with van der Waals surface area (Å²) < 4.78 is 4.81. The molecule has 0 amide bonds. The molecule has 0 aromatic heterocycles. The van der Waals surface area contributed by atoms with Crippen molar-refractivity contribution in [2.75, 3.05) is 31.3 Å². The highest BCUT2D eigenvalue weighted by Gasteiger charge is 2.23. The van der Waals surface area contributed by atoms with Crippen LogP contribution in [0.5, 0.6) is 0 Å². The fraction of sp³-hybridized carbons (Fsp3) is 0.500. The van der Waals surface area contributed by atoms with Crippen LogP contribution < -0.4 is 10.6 Å². The molecule has 0 atom stereocenters. The van der Waals surface area contributed by atoms with Crippen molar-refractivity contribution in [3.8, 4) is 0 Å². The molecule has 0 radical (unpaired) electrons. The number of hydrogen-bond donors (Lipinski definition) is 1. The fourth-order valence-electron chi connectivity index (χ4n) is 2.42. The zero-order chi connectivity index (χ0) is 13.1. The number of benzene rings is 1. The Hall–Kier alpha value is -1.71. The summed E-state index contributed by atoms with van der Waals surface area (Å²) in [4.78, 5) is 13.8. The maximum atomic E-state index is 11.8. The Labute approximate surface area is 108 Å². The smallest absolute Gasteiger partial charge is 0.340 e. The Morgan fingerprint density at radius 1 is 1.50 bits per heavy atom. The van der Waals surface area contributed by atoms with Gasteiger partial charge in [-0.25, -0.2) is 4.79 Å². The van der Waals surface area contributed by atoms with Gasteiger partial charge in [-0.15, -0.1) is 0 Å². The minimum absolute atomic E-state index is 0.335. The number of methoxy groups -OCH3 is 1. The lowest BCUT2D eigenvalue weighted by Crippen LogP contribution is -2.31. The topological polar surface area (TPSA) is 55.6 Å². The molecule has 2 N–H and O–H groups in total. The Kier molecular flexibility index (Phi) is 3.75. The molecule has 1 aliphatic rings. The van der Waals surface area contributed by atoms with E-state index in [9.17, 15) is 4.79 Å². The number of hydrogen-bond acceptors (Lipinski definition) is 4. The first-order valence-corrected chi connectivity index (χ1v) is 6.31. The predicted molar refractivity (Wildman–Crippen MR) is 72.8 cm³/mol. The number of para-hydroxylation sites is 1. The maximum Gasteiger partial charge on any atom is 0.340 e. The monoisotopic (exact) mass is 248 g/mol. The molecule has 2 rings (SSSR count). The fourth-order valence-corrected chi connectivity index (χ4v) is 2.42. The van der Waals surface area contributed by atoms with Gasteiger partial charge in [-0.05, 0) is 30.9 Å². The molecule has 0 spiro atoms. The van der Waals surface area contributed by atoms with Crippen LogP contribution >= 0.6 is 0 Å². The van der Waals surface area contributed by atoms with Gasteiger partial charge in [0, 0.05) is 13.6 Å². The highest BCUT2D eigenvalue weighted by molar-refractivity contribution is 5.99. The molecule has 1 aromatic rings. The molecule has 1 saturated carbocycles. The van der Waals surface area contributed by atoms with Crippen molar-refractivity contribution in [1.82, 2.24) is 0 Å². The van der Waals surface area contributed by atoms with Crippen molar-refractivity contribution < 1.29 is 9.53 Å². The van der Waals surface area contributed by atoms with Crippen molar-refractivity contribution in [2.45, 2.75) is 19.3 Å². The highest BCUT2D eigenvalue weighted by atomic mass is 16.5. The third-order valence-electron chi connectivity index (χ3n) is 3.61. The largest absolute Gasteiger partial charge is 0.465 e. The second-order valence-corrected chi connectivity index (χ2v) is 4.91. The normalized spacial score (nSPS) is 15.0. The second-order valence-electron chi connectivity index (χ2n) is 4.91. The Morgan fingerprint density at radius 3 is 2.78 bits per heavy atom. The second kappa shape index (κ2) is 5.29. The van der Waals surface area contributed by atoms with E-state index >= 15 is 0 Å². The quantitative estimate of drug-likeness (QED) is 0.656. The summed E-state index contributed by atoms with van der Waals surface area (Å²) in [6.07, 6.45) is 3.85. The number of nitrogens with two attached hydrogens (primary N) is 1. The summed E-state index contributed by atoms with van der Waals surface area (Å²) in [5.41, 5.74) is 7.95. The summed E-state index contributed by atoms with van der Waals surface area (Å²) in [5.74, 6) is 0.387. The van der Waals surface area contributed by atoms with Crippen LogP contribution in [0.2, 0.25) is 0 Å². The van der Waals surface area contributed by atoms with E-state index in [1.54, 1.807) is 12.1 Å². The molecule has 0 aliphatic heterocycles. The predicted octanol–water partition coefficient (Wildman–Crippen LogP) is 2.29. The van der Waals surface area contributed by atoms with Gasteiger partial charge in [-0.2, -0.15) is 0 Å². The molecule has 1 aliphatic carbocycles. The van der Waals surface area contributed by atoms with Crippen molar-refractivity contribution in [3.63, 3.8) is 0 Å². The van der Waals surface area contributed by atoms with Gasteiger partial charge in [0.1, 0.15) is 0 Å². The van der Waals surface area contributed by atoms with Gasteiger partial charge in [-0.3, -0.25) is 0 Å². The van der Waals surface area contributed by atoms with E-state index in [1.807, 2.05) is 13.1 Å². The van der Waals surface area contributed by atoms with Crippen LogP contribution in [-0.4, -0.2) is 26.7 Å². The number of ether oxygens (including phenoxy) is 1. The molecular formula is C14H20N2O2. The molecule has 4 heteroatoms. The molecular weight excluding hydrogens is 228 g/mol. The first-order chi connectivity index (χ1) is 8.63. The SMILES string of the molecule is COC(=O)c1cccc(N)c1N(C)CC1CCC1. The number of carbonyl (C=O) groups excluding carboxylic acids is 1. The number of anilines is 2. The minimum Gasteiger partial charge on any atom is -0.465 e. The Balaban J connectivity index is 2.25. The van der Waals surface area contributed by atoms with E-state index in [1.165, 1.54) is 26.4 Å². The van der Waals surface area contributed by atoms with E-state index in [0.29, 0.717) is 11.3 Å². The van der Waals surface area contributed by atoms with Gasteiger partial charge >= 0.3 is 5.97 Å². The number of nitrogens with zero attached hydrogens (tertiary/aromatic N) is 1. The number of carbonyl (C=O) groups is 1. The van der Waals surface area contributed by atoms with Crippen molar-refractivity contribution in [1.29, 1.82) is 0 Å². The van der Waals surface area contributed by atoms with Gasteiger partial charge in [0.05, 0.1) is 24.0 Å². The van der Waals surface area contributed by atoms with Gasteiger partial charge in [0.25, 0.3) is 0 Å². The third kappa shape index (κ3) is 2.42. The van der Waals surface area contributed by atoms with E-state index in [-0.39, 0.29) is 5.97 Å². The van der Waals surface area contributed by atoms with Crippen molar-refractivity contribution >= 4 is 17.3 Å². The Bertz CT molecular complexity index is 441. The zero-order valence-corrected chi connectivity index (χ0v) is 11.0. The summed E-state index contributed by atoms with van der Waals surface area (Å²) >= 11 is 0. The summed E-state index contributed by atoms with van der Waals surface area (Å²) in [5, 5.41) is 0. The zero-order valence-electron chi connectivity index (χ0n) is 11.0. The van der Waals surface area contributed by atoms with Crippen LogP contribution in [0.4, 0.5) is 11.4 Å². The van der Waals surface area contributed by atoms with Crippen LogP contribution in [0.1, 0.15) is 29.6 Å². The maximum absolute atomic E-state index is 11.8. The molecule has 0 unspecified atom stereocenters. The van der Waals surface area contributed by atoms with Crippen molar-refractivity contribution in [2.24, 2.45) is 5.92 Å². The van der Waals surface area contributed by atoms with Gasteiger partial charge in [0.2, 0.25) is 0 Å². The van der Waals surface area contributed by atoms with Crippen LogP contribution in [0.3, 0.4) is 0 Å². The Morgan fingerprint density at radius 2 is 2.22 bits per heavy atom. The van der Waals surface area contributed by atoms with E-state index < -0.39 is 0 Å². The molecule has 1 fully saturated rings. The third-order valence-corrected chi connectivity index (χ3v) is 3.61. The van der Waals surface area contributed by atoms with E-state index in [2.05, 4.69) is 4.90 Å². The number of nitrogen functional groups attached to an aromatic ring is 1. The molecule has 0 heterocycles.